The van der Waals surface area contributed by atoms with Crippen molar-refractivity contribution in [1.82, 2.24) is 14.7 Å². The zero-order valence-electron chi connectivity index (χ0n) is 10.1. The summed E-state index contributed by atoms with van der Waals surface area (Å²) >= 11 is 0. The van der Waals surface area contributed by atoms with Crippen molar-refractivity contribution >= 4 is 15.8 Å². The predicted molar refractivity (Wildman–Crippen MR) is 68.2 cm³/mol. The van der Waals surface area contributed by atoms with Crippen molar-refractivity contribution in [2.75, 3.05) is 24.7 Å². The molecular formula is C10H16N4O3S. The monoisotopic (exact) mass is 272 g/mol. The van der Waals surface area contributed by atoms with Crippen molar-refractivity contribution in [2.24, 2.45) is 0 Å². The number of aromatic amines is 1. The molecule has 0 bridgehead atoms. The van der Waals surface area contributed by atoms with Gasteiger partial charge in [0.15, 0.2) is 0 Å². The molecule has 0 spiro atoms. The van der Waals surface area contributed by atoms with Crippen LogP contribution in [0.2, 0.25) is 0 Å². The zero-order chi connectivity index (χ0) is 13.2. The third-order valence-electron chi connectivity index (χ3n) is 2.52. The van der Waals surface area contributed by atoms with Gasteiger partial charge < -0.3 is 10.3 Å². The second-order valence-electron chi connectivity index (χ2n) is 4.38. The van der Waals surface area contributed by atoms with E-state index in [-0.39, 0.29) is 12.1 Å². The maximum atomic E-state index is 11.4. The van der Waals surface area contributed by atoms with E-state index >= 15 is 0 Å². The molecule has 0 aliphatic heterocycles. The van der Waals surface area contributed by atoms with Crippen LogP contribution in [0.25, 0.3) is 0 Å². The Bertz CT molecular complexity index is 577. The van der Waals surface area contributed by atoms with E-state index in [2.05, 4.69) is 20.0 Å². The van der Waals surface area contributed by atoms with Crippen LogP contribution in [0, 0.1) is 0 Å². The van der Waals surface area contributed by atoms with Gasteiger partial charge in [-0.05, 0) is 12.8 Å². The van der Waals surface area contributed by atoms with Gasteiger partial charge in [0.05, 0.1) is 6.26 Å². The van der Waals surface area contributed by atoms with Crippen molar-refractivity contribution in [3.63, 3.8) is 0 Å². The fourth-order valence-corrected chi connectivity index (χ4v) is 2.02. The normalized spacial score (nSPS) is 15.6. The summed E-state index contributed by atoms with van der Waals surface area (Å²) in [6.45, 7) is 0.639. The van der Waals surface area contributed by atoms with Gasteiger partial charge in [-0.3, -0.25) is 4.79 Å². The number of H-pyrrole nitrogens is 1. The molecule has 7 nitrogen and oxygen atoms in total. The van der Waals surface area contributed by atoms with Gasteiger partial charge in [0.1, 0.15) is 11.6 Å². The molecule has 0 atom stereocenters. The lowest BCUT2D eigenvalue weighted by Crippen LogP contribution is -2.28. The molecule has 0 aromatic carbocycles. The first kappa shape index (κ1) is 13.0. The van der Waals surface area contributed by atoms with Crippen LogP contribution in [0.5, 0.6) is 0 Å². The Hall–Kier alpha value is -1.41. The summed E-state index contributed by atoms with van der Waals surface area (Å²) in [5, 5.41) is 2.92. The highest BCUT2D eigenvalue weighted by Crippen LogP contribution is 2.37. The van der Waals surface area contributed by atoms with Gasteiger partial charge >= 0.3 is 0 Å². The third kappa shape index (κ3) is 4.11. The Morgan fingerprint density at radius 1 is 1.44 bits per heavy atom. The second kappa shape index (κ2) is 5.07. The molecule has 18 heavy (non-hydrogen) atoms. The minimum absolute atomic E-state index is 0.189. The smallest absolute Gasteiger partial charge is 0.252 e. The molecule has 1 aromatic rings. The quantitative estimate of drug-likeness (QED) is 0.612. The molecule has 0 unspecified atom stereocenters. The van der Waals surface area contributed by atoms with Gasteiger partial charge in [-0.2, -0.15) is 0 Å². The first-order chi connectivity index (χ1) is 8.44. The number of anilines is 1. The van der Waals surface area contributed by atoms with Crippen LogP contribution < -0.4 is 15.6 Å². The number of aromatic nitrogens is 2. The van der Waals surface area contributed by atoms with Gasteiger partial charge in [-0.25, -0.2) is 18.1 Å². The fraction of sp³-hybridized carbons (Fsp3) is 0.600. The summed E-state index contributed by atoms with van der Waals surface area (Å²) in [5.74, 6) is 1.56. The van der Waals surface area contributed by atoms with Crippen molar-refractivity contribution in [2.45, 2.75) is 18.8 Å². The van der Waals surface area contributed by atoms with E-state index in [1.54, 1.807) is 0 Å². The van der Waals surface area contributed by atoms with Crippen LogP contribution in [0.15, 0.2) is 10.9 Å². The lowest BCUT2D eigenvalue weighted by atomic mass is 10.4. The number of sulfonamides is 1. The lowest BCUT2D eigenvalue weighted by molar-refractivity contribution is 0.589. The fourth-order valence-electron chi connectivity index (χ4n) is 1.54. The number of hydrogen-bond donors (Lipinski definition) is 3. The Kier molecular flexibility index (Phi) is 3.67. The molecule has 8 heteroatoms. The maximum absolute atomic E-state index is 11.4. The molecule has 1 heterocycles. The van der Waals surface area contributed by atoms with Gasteiger partial charge in [-0.15, -0.1) is 0 Å². The number of nitrogens with zero attached hydrogens (tertiary/aromatic N) is 1. The van der Waals surface area contributed by atoms with Gasteiger partial charge in [0.25, 0.3) is 5.56 Å². The Balaban J connectivity index is 1.91. The summed E-state index contributed by atoms with van der Waals surface area (Å²) in [6, 6.07) is 1.37. The van der Waals surface area contributed by atoms with E-state index in [0.29, 0.717) is 24.1 Å². The van der Waals surface area contributed by atoms with E-state index in [4.69, 9.17) is 0 Å². The minimum Gasteiger partial charge on any atom is -0.369 e. The van der Waals surface area contributed by atoms with E-state index in [0.717, 1.165) is 19.1 Å². The van der Waals surface area contributed by atoms with E-state index in [9.17, 15) is 13.2 Å². The predicted octanol–water partition coefficient (Wildman–Crippen LogP) is -0.392. The molecule has 2 rings (SSSR count). The van der Waals surface area contributed by atoms with Crippen LogP contribution in [0.1, 0.15) is 24.6 Å². The molecule has 1 aliphatic carbocycles. The lowest BCUT2D eigenvalue weighted by Gasteiger charge is -2.07. The van der Waals surface area contributed by atoms with Crippen LogP contribution in [-0.4, -0.2) is 37.7 Å². The summed E-state index contributed by atoms with van der Waals surface area (Å²) in [4.78, 5) is 18.4. The first-order valence-electron chi connectivity index (χ1n) is 5.74. The van der Waals surface area contributed by atoms with Crippen LogP contribution in [0.3, 0.4) is 0 Å². The highest BCUT2D eigenvalue weighted by atomic mass is 32.2. The molecule has 3 N–H and O–H groups in total. The van der Waals surface area contributed by atoms with Crippen LogP contribution in [0.4, 0.5) is 5.82 Å². The Morgan fingerprint density at radius 2 is 2.17 bits per heavy atom. The molecule has 1 aromatic heterocycles. The SMILES string of the molecule is CS(=O)(=O)NCCNc1cc(=O)[nH]c(C2CC2)n1. The van der Waals surface area contributed by atoms with Gasteiger partial charge in [0.2, 0.25) is 10.0 Å². The number of rotatable bonds is 6. The van der Waals surface area contributed by atoms with Crippen LogP contribution in [-0.2, 0) is 10.0 Å². The van der Waals surface area contributed by atoms with E-state index < -0.39 is 10.0 Å². The molecular weight excluding hydrogens is 256 g/mol. The standard InChI is InChI=1S/C10H16N4O3S/c1-18(16,17)12-5-4-11-8-6-9(15)14-10(13-8)7-2-3-7/h6-7,12H,2-5H2,1H3,(H2,11,13,14,15). The summed E-state index contributed by atoms with van der Waals surface area (Å²) in [7, 11) is -3.18. The van der Waals surface area contributed by atoms with Crippen molar-refractivity contribution < 1.29 is 8.42 Å². The molecule has 0 saturated heterocycles. The van der Waals surface area contributed by atoms with Crippen molar-refractivity contribution in [1.29, 1.82) is 0 Å². The maximum Gasteiger partial charge on any atom is 0.252 e. The van der Waals surface area contributed by atoms with Crippen molar-refractivity contribution in [3.8, 4) is 0 Å². The number of hydrogen-bond acceptors (Lipinski definition) is 5. The first-order valence-corrected chi connectivity index (χ1v) is 7.63. The summed E-state index contributed by atoms with van der Waals surface area (Å²) < 4.78 is 24.0. The molecule has 1 aliphatic rings. The Labute approximate surface area is 105 Å². The Morgan fingerprint density at radius 3 is 2.78 bits per heavy atom. The van der Waals surface area contributed by atoms with Gasteiger partial charge in [-0.1, -0.05) is 0 Å². The third-order valence-corrected chi connectivity index (χ3v) is 3.25. The van der Waals surface area contributed by atoms with E-state index in [1.165, 1.54) is 6.07 Å². The summed E-state index contributed by atoms with van der Waals surface area (Å²) in [6.07, 6.45) is 3.22. The molecule has 0 amide bonds. The second-order valence-corrected chi connectivity index (χ2v) is 6.22. The molecule has 100 valence electrons. The zero-order valence-corrected chi connectivity index (χ0v) is 10.9. The largest absolute Gasteiger partial charge is 0.369 e. The number of nitrogens with one attached hydrogen (secondary N) is 3. The topological polar surface area (TPSA) is 104 Å². The van der Waals surface area contributed by atoms with Gasteiger partial charge in [0, 0.05) is 25.1 Å². The molecule has 1 fully saturated rings. The molecule has 1 saturated carbocycles. The molecule has 0 radical (unpaired) electrons. The van der Waals surface area contributed by atoms with Crippen LogP contribution >= 0.6 is 0 Å². The van der Waals surface area contributed by atoms with Crippen molar-refractivity contribution in [3.05, 3.63) is 22.2 Å². The highest BCUT2D eigenvalue weighted by Gasteiger charge is 2.26. The summed E-state index contributed by atoms with van der Waals surface area (Å²) in [5.41, 5.74) is -0.189. The average Bonchev–Trinajstić information content (AvgIpc) is 3.06. The average molecular weight is 272 g/mol. The van der Waals surface area contributed by atoms with E-state index in [1.807, 2.05) is 0 Å². The minimum atomic E-state index is -3.18. The highest BCUT2D eigenvalue weighted by molar-refractivity contribution is 7.88.